The van der Waals surface area contributed by atoms with Crippen LogP contribution in [-0.2, 0) is 6.54 Å². The van der Waals surface area contributed by atoms with Gasteiger partial charge in [0.15, 0.2) is 0 Å². The predicted octanol–water partition coefficient (Wildman–Crippen LogP) is 5.76. The second-order valence-electron chi connectivity index (χ2n) is 8.20. The van der Waals surface area contributed by atoms with Crippen molar-refractivity contribution in [2.45, 2.75) is 50.6 Å². The minimum absolute atomic E-state index is 0.576. The van der Waals surface area contributed by atoms with Crippen LogP contribution in [0.25, 0.3) is 0 Å². The van der Waals surface area contributed by atoms with Crippen LogP contribution in [0.15, 0.2) is 42.5 Å². The van der Waals surface area contributed by atoms with Crippen molar-refractivity contribution in [2.24, 2.45) is 0 Å². The zero-order valence-corrected chi connectivity index (χ0v) is 16.1. The molecular formula is C23H27ClN2. The molecule has 2 fully saturated rings. The van der Waals surface area contributed by atoms with Crippen LogP contribution >= 0.6 is 11.6 Å². The summed E-state index contributed by atoms with van der Waals surface area (Å²) < 4.78 is 0. The molecule has 2 aromatic rings. The van der Waals surface area contributed by atoms with Crippen LogP contribution in [0, 0.1) is 0 Å². The molecule has 2 atom stereocenters. The fourth-order valence-corrected chi connectivity index (χ4v) is 5.46. The molecular weight excluding hydrogens is 340 g/mol. The van der Waals surface area contributed by atoms with Gasteiger partial charge < -0.3 is 4.90 Å². The largest absolute Gasteiger partial charge is 0.372 e. The maximum atomic E-state index is 6.20. The average Bonchev–Trinajstić information content (AvgIpc) is 2.97. The monoisotopic (exact) mass is 366 g/mol. The topological polar surface area (TPSA) is 6.48 Å². The van der Waals surface area contributed by atoms with E-state index < -0.39 is 0 Å². The first kappa shape index (κ1) is 16.6. The number of nitrogens with zero attached hydrogens (tertiary/aromatic N) is 2. The van der Waals surface area contributed by atoms with E-state index in [0.29, 0.717) is 6.04 Å². The molecule has 0 N–H and O–H groups in total. The SMILES string of the molecule is Clc1cccc(CN2CC[C@@H]3C[C@H]2c2cc(N4CCCCC4)ccc23)c1. The Morgan fingerprint density at radius 2 is 1.81 bits per heavy atom. The molecule has 0 spiro atoms. The summed E-state index contributed by atoms with van der Waals surface area (Å²) in [5, 5.41) is 0.844. The maximum Gasteiger partial charge on any atom is 0.0409 e. The molecule has 0 unspecified atom stereocenters. The lowest BCUT2D eigenvalue weighted by atomic mass is 9.95. The molecule has 3 aliphatic rings. The Bertz CT molecular complexity index is 797. The molecule has 2 bridgehead atoms. The lowest BCUT2D eigenvalue weighted by molar-refractivity contribution is 0.145. The standard InChI is InChI=1S/C23H27ClN2/c24-19-6-4-5-17(13-19)16-26-12-9-18-14-23(26)22-15-20(7-8-21(18)22)25-10-2-1-3-11-25/h4-8,13,15,18,23H,1-3,9-12,14,16H2/t18-,23+/m1/s1. The highest BCUT2D eigenvalue weighted by Crippen LogP contribution is 2.50. The number of hydrogen-bond donors (Lipinski definition) is 0. The molecule has 0 saturated carbocycles. The van der Waals surface area contributed by atoms with E-state index in [-0.39, 0.29) is 0 Å². The summed E-state index contributed by atoms with van der Waals surface area (Å²) >= 11 is 6.20. The van der Waals surface area contributed by atoms with Crippen LogP contribution in [0.3, 0.4) is 0 Å². The number of likely N-dealkylation sites (tertiary alicyclic amines) is 1. The van der Waals surface area contributed by atoms with E-state index in [2.05, 4.69) is 46.2 Å². The first-order valence-electron chi connectivity index (χ1n) is 10.2. The molecule has 0 amide bonds. The van der Waals surface area contributed by atoms with Gasteiger partial charge in [-0.2, -0.15) is 0 Å². The lowest BCUT2D eigenvalue weighted by Gasteiger charge is -2.34. The molecule has 0 radical (unpaired) electrons. The van der Waals surface area contributed by atoms with Gasteiger partial charge in [-0.05, 0) is 85.5 Å². The summed E-state index contributed by atoms with van der Waals surface area (Å²) in [6.07, 6.45) is 6.64. The highest BCUT2D eigenvalue weighted by Gasteiger charge is 2.38. The van der Waals surface area contributed by atoms with Gasteiger partial charge >= 0.3 is 0 Å². The highest BCUT2D eigenvalue weighted by atomic mass is 35.5. The molecule has 2 aromatic carbocycles. The van der Waals surface area contributed by atoms with Crippen LogP contribution in [0.1, 0.15) is 60.8 Å². The quantitative estimate of drug-likeness (QED) is 0.680. The second-order valence-corrected chi connectivity index (χ2v) is 8.63. The van der Waals surface area contributed by atoms with Gasteiger partial charge in [-0.15, -0.1) is 0 Å². The van der Waals surface area contributed by atoms with E-state index in [4.69, 9.17) is 11.6 Å². The number of hydrogen-bond acceptors (Lipinski definition) is 2. The van der Waals surface area contributed by atoms with Crippen molar-refractivity contribution in [1.82, 2.24) is 4.90 Å². The Morgan fingerprint density at radius 1 is 0.923 bits per heavy atom. The molecule has 5 rings (SSSR count). The van der Waals surface area contributed by atoms with E-state index in [0.717, 1.165) is 17.5 Å². The van der Waals surface area contributed by atoms with Crippen molar-refractivity contribution < 1.29 is 0 Å². The third-order valence-electron chi connectivity index (χ3n) is 6.58. The number of rotatable bonds is 3. The van der Waals surface area contributed by atoms with Gasteiger partial charge in [0, 0.05) is 36.4 Å². The molecule has 136 valence electrons. The van der Waals surface area contributed by atoms with Gasteiger partial charge in [0.2, 0.25) is 0 Å². The molecule has 2 aliphatic heterocycles. The average molecular weight is 367 g/mol. The van der Waals surface area contributed by atoms with Crippen LogP contribution in [-0.4, -0.2) is 24.5 Å². The number of piperidine rings is 2. The van der Waals surface area contributed by atoms with Crippen molar-refractivity contribution >= 4 is 17.3 Å². The molecule has 2 heterocycles. The van der Waals surface area contributed by atoms with Gasteiger partial charge in [-0.25, -0.2) is 0 Å². The minimum atomic E-state index is 0.576. The Labute approximate surface area is 161 Å². The predicted molar refractivity (Wildman–Crippen MR) is 109 cm³/mol. The smallest absolute Gasteiger partial charge is 0.0409 e. The number of fused-ring (bicyclic) bond motifs is 5. The zero-order chi connectivity index (χ0) is 17.5. The molecule has 26 heavy (non-hydrogen) atoms. The van der Waals surface area contributed by atoms with Crippen molar-refractivity contribution in [2.75, 3.05) is 24.5 Å². The number of halogens is 1. The second kappa shape index (κ2) is 6.90. The zero-order valence-electron chi connectivity index (χ0n) is 15.3. The number of benzene rings is 2. The molecule has 1 aliphatic carbocycles. The van der Waals surface area contributed by atoms with E-state index in [9.17, 15) is 0 Å². The van der Waals surface area contributed by atoms with Gasteiger partial charge in [0.1, 0.15) is 0 Å². The Morgan fingerprint density at radius 3 is 2.65 bits per heavy atom. The Kier molecular flexibility index (Phi) is 4.42. The van der Waals surface area contributed by atoms with E-state index in [1.54, 1.807) is 11.1 Å². The van der Waals surface area contributed by atoms with E-state index in [1.165, 1.54) is 63.0 Å². The molecule has 2 saturated heterocycles. The summed E-state index contributed by atoms with van der Waals surface area (Å²) in [5.41, 5.74) is 5.98. The Balaban J connectivity index is 1.42. The summed E-state index contributed by atoms with van der Waals surface area (Å²) in [4.78, 5) is 5.27. The normalized spacial score (nSPS) is 25.3. The van der Waals surface area contributed by atoms with Crippen LogP contribution < -0.4 is 4.90 Å². The van der Waals surface area contributed by atoms with Gasteiger partial charge in [-0.3, -0.25) is 4.90 Å². The summed E-state index contributed by atoms with van der Waals surface area (Å²) in [6, 6.07) is 16.3. The lowest BCUT2D eigenvalue weighted by Crippen LogP contribution is -2.32. The van der Waals surface area contributed by atoms with Crippen molar-refractivity contribution in [1.29, 1.82) is 0 Å². The number of anilines is 1. The molecule has 2 nitrogen and oxygen atoms in total. The van der Waals surface area contributed by atoms with Crippen LogP contribution in [0.4, 0.5) is 5.69 Å². The third-order valence-corrected chi connectivity index (χ3v) is 6.81. The third kappa shape index (κ3) is 3.04. The molecule has 0 aromatic heterocycles. The molecule has 3 heteroatoms. The summed E-state index contributed by atoms with van der Waals surface area (Å²) in [7, 11) is 0. The fourth-order valence-electron chi connectivity index (χ4n) is 5.25. The first-order valence-corrected chi connectivity index (χ1v) is 10.5. The minimum Gasteiger partial charge on any atom is -0.372 e. The van der Waals surface area contributed by atoms with Crippen LogP contribution in [0.2, 0.25) is 5.02 Å². The van der Waals surface area contributed by atoms with Crippen LogP contribution in [0.5, 0.6) is 0 Å². The Hall–Kier alpha value is -1.51. The van der Waals surface area contributed by atoms with E-state index >= 15 is 0 Å². The maximum absolute atomic E-state index is 6.20. The van der Waals surface area contributed by atoms with Crippen molar-refractivity contribution in [3.63, 3.8) is 0 Å². The highest BCUT2D eigenvalue weighted by molar-refractivity contribution is 6.30. The van der Waals surface area contributed by atoms with Gasteiger partial charge in [0.25, 0.3) is 0 Å². The van der Waals surface area contributed by atoms with Crippen molar-refractivity contribution in [3.05, 3.63) is 64.2 Å². The summed E-state index contributed by atoms with van der Waals surface area (Å²) in [5.74, 6) is 0.765. The first-order chi connectivity index (χ1) is 12.8. The van der Waals surface area contributed by atoms with Gasteiger partial charge in [-0.1, -0.05) is 29.8 Å². The van der Waals surface area contributed by atoms with E-state index in [1.807, 2.05) is 6.07 Å². The fraction of sp³-hybridized carbons (Fsp3) is 0.478. The van der Waals surface area contributed by atoms with Crippen molar-refractivity contribution in [3.8, 4) is 0 Å². The summed E-state index contributed by atoms with van der Waals surface area (Å²) in [6.45, 7) is 4.64. The van der Waals surface area contributed by atoms with Gasteiger partial charge in [0.05, 0.1) is 0 Å².